The molecule has 1 fully saturated rings. The average molecular weight is 182 g/mol. The fraction of sp³-hybridized carbons (Fsp3) is 0.400. The summed E-state index contributed by atoms with van der Waals surface area (Å²) in [7, 11) is 0. The van der Waals surface area contributed by atoms with E-state index < -0.39 is 0 Å². The van der Waals surface area contributed by atoms with E-state index >= 15 is 0 Å². The van der Waals surface area contributed by atoms with Gasteiger partial charge in [0.25, 0.3) is 0 Å². The Labute approximate surface area is 76.3 Å². The van der Waals surface area contributed by atoms with Crippen molar-refractivity contribution in [1.29, 1.82) is 0 Å². The molecule has 3 heteroatoms. The molecule has 1 saturated heterocycles. The summed E-state index contributed by atoms with van der Waals surface area (Å²) in [5, 5.41) is 0. The summed E-state index contributed by atoms with van der Waals surface area (Å²) >= 11 is 0. The highest BCUT2D eigenvalue weighted by Gasteiger charge is 2.23. The second-order valence-electron chi connectivity index (χ2n) is 3.15. The second kappa shape index (κ2) is 3.34. The number of hydrogen-bond acceptors (Lipinski definition) is 2. The predicted octanol–water partition coefficient (Wildman–Crippen LogP) is 1.91. The van der Waals surface area contributed by atoms with Gasteiger partial charge in [0, 0.05) is 0 Å². The lowest BCUT2D eigenvalue weighted by Gasteiger charge is -2.06. The zero-order valence-corrected chi connectivity index (χ0v) is 7.42. The number of epoxide rings is 1. The number of benzene rings is 1. The van der Waals surface area contributed by atoms with Crippen molar-refractivity contribution < 1.29 is 13.9 Å². The Morgan fingerprint density at radius 2 is 2.38 bits per heavy atom. The molecule has 1 aliphatic heterocycles. The molecule has 0 bridgehead atoms. The number of rotatable bonds is 3. The van der Waals surface area contributed by atoms with E-state index in [2.05, 4.69) is 0 Å². The summed E-state index contributed by atoms with van der Waals surface area (Å²) in [6, 6.07) is 5.13. The third kappa shape index (κ3) is 1.98. The van der Waals surface area contributed by atoms with E-state index in [-0.39, 0.29) is 11.9 Å². The van der Waals surface area contributed by atoms with Crippen LogP contribution in [0.25, 0.3) is 0 Å². The van der Waals surface area contributed by atoms with E-state index in [0.29, 0.717) is 17.9 Å². The first-order chi connectivity index (χ1) is 6.27. The van der Waals surface area contributed by atoms with Crippen molar-refractivity contribution in [3.63, 3.8) is 0 Å². The normalized spacial score (nSPS) is 20.0. The molecule has 2 rings (SSSR count). The molecule has 70 valence electrons. The minimum absolute atomic E-state index is 0.167. The van der Waals surface area contributed by atoms with Crippen LogP contribution in [0.15, 0.2) is 18.2 Å². The molecule has 0 aliphatic carbocycles. The van der Waals surface area contributed by atoms with Gasteiger partial charge in [0.2, 0.25) is 0 Å². The van der Waals surface area contributed by atoms with E-state index in [1.54, 1.807) is 25.1 Å². The molecule has 1 aliphatic rings. The summed E-state index contributed by atoms with van der Waals surface area (Å²) in [4.78, 5) is 0. The van der Waals surface area contributed by atoms with Crippen LogP contribution in [0, 0.1) is 12.7 Å². The van der Waals surface area contributed by atoms with Gasteiger partial charge in [0.05, 0.1) is 6.61 Å². The Morgan fingerprint density at radius 3 is 3.08 bits per heavy atom. The molecule has 0 N–H and O–H groups in total. The minimum atomic E-state index is -0.275. The highest BCUT2D eigenvalue weighted by molar-refractivity contribution is 5.30. The topological polar surface area (TPSA) is 21.8 Å². The molecule has 0 spiro atoms. The Hall–Kier alpha value is -1.09. The summed E-state index contributed by atoms with van der Waals surface area (Å²) in [6.07, 6.45) is 0.167. The van der Waals surface area contributed by atoms with E-state index in [9.17, 15) is 4.39 Å². The maximum atomic E-state index is 13.3. The zero-order chi connectivity index (χ0) is 9.26. The lowest BCUT2D eigenvalue weighted by molar-refractivity contribution is 0.253. The Morgan fingerprint density at radius 1 is 1.62 bits per heavy atom. The predicted molar refractivity (Wildman–Crippen MR) is 46.4 cm³/mol. The maximum absolute atomic E-state index is 13.3. The molecular weight excluding hydrogens is 171 g/mol. The lowest BCUT2D eigenvalue weighted by atomic mass is 10.2. The lowest BCUT2D eigenvalue weighted by Crippen LogP contribution is -2.05. The molecule has 0 aromatic heterocycles. The fourth-order valence-corrected chi connectivity index (χ4v) is 1.08. The first-order valence-corrected chi connectivity index (χ1v) is 4.27. The van der Waals surface area contributed by atoms with Crippen LogP contribution >= 0.6 is 0 Å². The number of ether oxygens (including phenoxy) is 2. The van der Waals surface area contributed by atoms with E-state index in [1.165, 1.54) is 0 Å². The van der Waals surface area contributed by atoms with Crippen molar-refractivity contribution in [1.82, 2.24) is 0 Å². The second-order valence-corrected chi connectivity index (χ2v) is 3.15. The smallest absolute Gasteiger partial charge is 0.167 e. The number of aryl methyl sites for hydroxylation is 1. The quantitative estimate of drug-likeness (QED) is 0.666. The maximum Gasteiger partial charge on any atom is 0.167 e. The largest absolute Gasteiger partial charge is 0.488 e. The van der Waals surface area contributed by atoms with Gasteiger partial charge in [-0.15, -0.1) is 0 Å². The monoisotopic (exact) mass is 182 g/mol. The van der Waals surface area contributed by atoms with Crippen molar-refractivity contribution in [2.75, 3.05) is 13.2 Å². The summed E-state index contributed by atoms with van der Waals surface area (Å²) in [6.45, 7) is 2.89. The summed E-state index contributed by atoms with van der Waals surface area (Å²) < 4.78 is 23.5. The van der Waals surface area contributed by atoms with Crippen LogP contribution < -0.4 is 4.74 Å². The van der Waals surface area contributed by atoms with Gasteiger partial charge in [-0.2, -0.15) is 0 Å². The molecule has 0 saturated carbocycles. The van der Waals surface area contributed by atoms with Gasteiger partial charge in [0.1, 0.15) is 12.7 Å². The van der Waals surface area contributed by atoms with Crippen molar-refractivity contribution in [2.45, 2.75) is 13.0 Å². The first kappa shape index (κ1) is 8.51. The highest BCUT2D eigenvalue weighted by Crippen LogP contribution is 2.21. The van der Waals surface area contributed by atoms with Crippen molar-refractivity contribution >= 4 is 0 Å². The average Bonchev–Trinajstić information content (AvgIpc) is 2.91. The molecule has 0 radical (unpaired) electrons. The SMILES string of the molecule is Cc1cccc(OC[C@@H]2CO2)c1F. The van der Waals surface area contributed by atoms with Crippen LogP contribution in [-0.4, -0.2) is 19.3 Å². The van der Waals surface area contributed by atoms with Gasteiger partial charge in [-0.05, 0) is 18.6 Å². The highest BCUT2D eigenvalue weighted by atomic mass is 19.1. The van der Waals surface area contributed by atoms with Crippen LogP contribution in [0.4, 0.5) is 4.39 Å². The van der Waals surface area contributed by atoms with E-state index in [4.69, 9.17) is 9.47 Å². The van der Waals surface area contributed by atoms with Crippen molar-refractivity contribution in [3.05, 3.63) is 29.6 Å². The molecule has 1 heterocycles. The summed E-state index contributed by atoms with van der Waals surface area (Å²) in [5.41, 5.74) is 0.606. The third-order valence-corrected chi connectivity index (χ3v) is 1.98. The Kier molecular flexibility index (Phi) is 2.19. The Bertz CT molecular complexity index is 308. The molecule has 0 amide bonds. The van der Waals surface area contributed by atoms with Gasteiger partial charge in [0.15, 0.2) is 11.6 Å². The summed E-state index contributed by atoms with van der Waals surface area (Å²) in [5.74, 6) is 0.0404. The van der Waals surface area contributed by atoms with Crippen LogP contribution in [0.2, 0.25) is 0 Å². The van der Waals surface area contributed by atoms with Gasteiger partial charge in [-0.3, -0.25) is 0 Å². The molecule has 1 atom stereocenters. The van der Waals surface area contributed by atoms with Gasteiger partial charge in [-0.1, -0.05) is 12.1 Å². The van der Waals surface area contributed by atoms with Gasteiger partial charge in [-0.25, -0.2) is 4.39 Å². The molecule has 1 aromatic carbocycles. The van der Waals surface area contributed by atoms with Crippen molar-refractivity contribution in [2.24, 2.45) is 0 Å². The molecular formula is C10H11FO2. The van der Waals surface area contributed by atoms with E-state index in [1.807, 2.05) is 0 Å². The van der Waals surface area contributed by atoms with Crippen LogP contribution in [0.1, 0.15) is 5.56 Å². The number of hydrogen-bond donors (Lipinski definition) is 0. The zero-order valence-electron chi connectivity index (χ0n) is 7.42. The molecule has 13 heavy (non-hydrogen) atoms. The fourth-order valence-electron chi connectivity index (χ4n) is 1.08. The van der Waals surface area contributed by atoms with Crippen LogP contribution in [-0.2, 0) is 4.74 Å². The third-order valence-electron chi connectivity index (χ3n) is 1.98. The van der Waals surface area contributed by atoms with Gasteiger partial charge >= 0.3 is 0 Å². The molecule has 2 nitrogen and oxygen atoms in total. The Balaban J connectivity index is 2.05. The van der Waals surface area contributed by atoms with Gasteiger partial charge < -0.3 is 9.47 Å². The molecule has 1 aromatic rings. The van der Waals surface area contributed by atoms with Crippen LogP contribution in [0.3, 0.4) is 0 Å². The van der Waals surface area contributed by atoms with Crippen molar-refractivity contribution in [3.8, 4) is 5.75 Å². The number of halogens is 1. The van der Waals surface area contributed by atoms with Crippen LogP contribution in [0.5, 0.6) is 5.75 Å². The van der Waals surface area contributed by atoms with E-state index in [0.717, 1.165) is 6.61 Å². The standard InChI is InChI=1S/C10H11FO2/c1-7-3-2-4-9(10(7)11)13-6-8-5-12-8/h2-4,8H,5-6H2,1H3/t8-/m0/s1. The molecule has 0 unspecified atom stereocenters. The first-order valence-electron chi connectivity index (χ1n) is 4.27. The minimum Gasteiger partial charge on any atom is -0.488 e.